The van der Waals surface area contributed by atoms with Gasteiger partial charge in [0.25, 0.3) is 5.69 Å². The second-order valence-corrected chi connectivity index (χ2v) is 4.98. The lowest BCUT2D eigenvalue weighted by Crippen LogP contribution is -2.02. The van der Waals surface area contributed by atoms with Crippen LogP contribution in [-0.4, -0.2) is 22.2 Å². The first kappa shape index (κ1) is 17.9. The zero-order chi connectivity index (χ0) is 18.4. The quantitative estimate of drug-likeness (QED) is 0.464. The second-order valence-electron chi connectivity index (χ2n) is 4.98. The van der Waals surface area contributed by atoms with Crippen LogP contribution < -0.4 is 10.2 Å². The summed E-state index contributed by atoms with van der Waals surface area (Å²) in [7, 11) is 0. The van der Waals surface area contributed by atoms with Crippen molar-refractivity contribution >= 4 is 22.8 Å². The Morgan fingerprint density at radius 1 is 1.12 bits per heavy atom. The third kappa shape index (κ3) is 4.50. The lowest BCUT2D eigenvalue weighted by Gasteiger charge is -2.06. The molecule has 9 heteroatoms. The Kier molecular flexibility index (Phi) is 5.62. The van der Waals surface area contributed by atoms with Crippen LogP contribution in [0.1, 0.15) is 19.4 Å². The van der Waals surface area contributed by atoms with Gasteiger partial charge in [0.05, 0.1) is 28.2 Å². The Labute approximate surface area is 143 Å². The fourth-order valence-electron chi connectivity index (χ4n) is 2.05. The SMILES string of the molecule is CCOc1ccc(/C(C)=N\Nc2ccc([N+](=O)[O-])cc2[N+](=O)[O-])cc1. The van der Waals surface area contributed by atoms with Crippen molar-refractivity contribution < 1.29 is 14.6 Å². The van der Waals surface area contributed by atoms with Gasteiger partial charge in [-0.05, 0) is 49.7 Å². The van der Waals surface area contributed by atoms with E-state index in [0.29, 0.717) is 12.3 Å². The maximum Gasteiger partial charge on any atom is 0.301 e. The Balaban J connectivity index is 2.22. The van der Waals surface area contributed by atoms with E-state index in [0.717, 1.165) is 17.4 Å². The molecule has 0 amide bonds. The fraction of sp³-hybridized carbons (Fsp3) is 0.188. The fourth-order valence-corrected chi connectivity index (χ4v) is 2.05. The van der Waals surface area contributed by atoms with Crippen LogP contribution >= 0.6 is 0 Å². The van der Waals surface area contributed by atoms with Crippen LogP contribution in [-0.2, 0) is 0 Å². The molecule has 0 aliphatic heterocycles. The number of hydrazone groups is 1. The molecular weight excluding hydrogens is 328 g/mol. The van der Waals surface area contributed by atoms with E-state index < -0.39 is 15.5 Å². The summed E-state index contributed by atoms with van der Waals surface area (Å²) in [6.07, 6.45) is 0. The third-order valence-electron chi connectivity index (χ3n) is 3.32. The summed E-state index contributed by atoms with van der Waals surface area (Å²) in [4.78, 5) is 20.4. The molecule has 0 spiro atoms. The van der Waals surface area contributed by atoms with Crippen molar-refractivity contribution in [2.24, 2.45) is 5.10 Å². The molecule has 0 atom stereocenters. The van der Waals surface area contributed by atoms with Gasteiger partial charge in [0.1, 0.15) is 11.4 Å². The van der Waals surface area contributed by atoms with E-state index in [1.54, 1.807) is 19.1 Å². The summed E-state index contributed by atoms with van der Waals surface area (Å²) in [5.74, 6) is 0.734. The highest BCUT2D eigenvalue weighted by atomic mass is 16.6. The van der Waals surface area contributed by atoms with E-state index in [4.69, 9.17) is 4.74 Å². The van der Waals surface area contributed by atoms with Gasteiger partial charge in [0.2, 0.25) is 0 Å². The number of nitro groups is 2. The van der Waals surface area contributed by atoms with E-state index in [-0.39, 0.29) is 11.4 Å². The molecule has 2 aromatic rings. The minimum atomic E-state index is -0.697. The Morgan fingerprint density at radius 2 is 1.80 bits per heavy atom. The number of rotatable bonds is 7. The Morgan fingerprint density at radius 3 is 2.36 bits per heavy atom. The summed E-state index contributed by atoms with van der Waals surface area (Å²) in [5, 5.41) is 25.9. The van der Waals surface area contributed by atoms with Crippen LogP contribution in [0.4, 0.5) is 17.1 Å². The lowest BCUT2D eigenvalue weighted by atomic mass is 10.1. The first-order chi connectivity index (χ1) is 11.9. The van der Waals surface area contributed by atoms with Crippen LogP contribution in [0, 0.1) is 20.2 Å². The summed E-state index contributed by atoms with van der Waals surface area (Å²) < 4.78 is 5.36. The van der Waals surface area contributed by atoms with Gasteiger partial charge >= 0.3 is 5.69 Å². The molecule has 2 aromatic carbocycles. The van der Waals surface area contributed by atoms with Crippen molar-refractivity contribution in [1.82, 2.24) is 0 Å². The number of nitro benzene ring substituents is 2. The number of ether oxygens (including phenoxy) is 1. The van der Waals surface area contributed by atoms with E-state index >= 15 is 0 Å². The molecule has 0 saturated heterocycles. The molecule has 130 valence electrons. The van der Waals surface area contributed by atoms with Gasteiger partial charge in [-0.2, -0.15) is 5.10 Å². The Hall–Kier alpha value is -3.49. The molecule has 0 fully saturated rings. The number of anilines is 1. The molecule has 1 N–H and O–H groups in total. The molecule has 0 radical (unpaired) electrons. The number of hydrogen-bond acceptors (Lipinski definition) is 7. The predicted molar refractivity (Wildman–Crippen MR) is 93.2 cm³/mol. The van der Waals surface area contributed by atoms with Crippen LogP contribution in [0.3, 0.4) is 0 Å². The molecule has 0 aromatic heterocycles. The van der Waals surface area contributed by atoms with Crippen molar-refractivity contribution in [2.45, 2.75) is 13.8 Å². The first-order valence-electron chi connectivity index (χ1n) is 7.38. The molecule has 25 heavy (non-hydrogen) atoms. The average Bonchev–Trinajstić information content (AvgIpc) is 2.60. The van der Waals surface area contributed by atoms with E-state index in [2.05, 4.69) is 10.5 Å². The number of benzene rings is 2. The largest absolute Gasteiger partial charge is 0.494 e. The smallest absolute Gasteiger partial charge is 0.301 e. The van der Waals surface area contributed by atoms with Crippen molar-refractivity contribution in [3.63, 3.8) is 0 Å². The highest BCUT2D eigenvalue weighted by molar-refractivity contribution is 5.99. The zero-order valence-corrected chi connectivity index (χ0v) is 13.6. The number of hydrogen-bond donors (Lipinski definition) is 1. The maximum atomic E-state index is 11.1. The number of nitrogens with zero attached hydrogens (tertiary/aromatic N) is 3. The van der Waals surface area contributed by atoms with Crippen molar-refractivity contribution in [1.29, 1.82) is 0 Å². The Bertz CT molecular complexity index is 818. The molecule has 0 aliphatic rings. The topological polar surface area (TPSA) is 120 Å². The highest BCUT2D eigenvalue weighted by Gasteiger charge is 2.19. The van der Waals surface area contributed by atoms with Gasteiger partial charge in [-0.3, -0.25) is 25.7 Å². The number of nitrogens with one attached hydrogen (secondary N) is 1. The van der Waals surface area contributed by atoms with Gasteiger partial charge in [0.15, 0.2) is 0 Å². The van der Waals surface area contributed by atoms with Gasteiger partial charge in [0, 0.05) is 6.07 Å². The van der Waals surface area contributed by atoms with E-state index in [9.17, 15) is 20.2 Å². The summed E-state index contributed by atoms with van der Waals surface area (Å²) in [6, 6.07) is 10.6. The van der Waals surface area contributed by atoms with Crippen molar-refractivity contribution in [3.05, 3.63) is 68.3 Å². The van der Waals surface area contributed by atoms with Crippen LogP contribution in [0.2, 0.25) is 0 Å². The minimum absolute atomic E-state index is 0.0703. The maximum absolute atomic E-state index is 11.1. The van der Waals surface area contributed by atoms with Crippen LogP contribution in [0.15, 0.2) is 47.6 Å². The van der Waals surface area contributed by atoms with Crippen molar-refractivity contribution in [2.75, 3.05) is 12.0 Å². The summed E-state index contributed by atoms with van der Waals surface area (Å²) >= 11 is 0. The highest BCUT2D eigenvalue weighted by Crippen LogP contribution is 2.29. The van der Waals surface area contributed by atoms with Gasteiger partial charge in [-0.15, -0.1) is 0 Å². The molecular formula is C16H16N4O5. The second kappa shape index (κ2) is 7.86. The molecule has 0 heterocycles. The standard InChI is InChI=1S/C16H16N4O5/c1-3-25-14-7-4-12(5-8-14)11(2)17-18-15-9-6-13(19(21)22)10-16(15)20(23)24/h4-10,18H,3H2,1-2H3/b17-11-. The lowest BCUT2D eigenvalue weighted by molar-refractivity contribution is -0.393. The average molecular weight is 344 g/mol. The van der Waals surface area contributed by atoms with E-state index in [1.807, 2.05) is 19.1 Å². The normalized spacial score (nSPS) is 11.0. The van der Waals surface area contributed by atoms with Crippen molar-refractivity contribution in [3.8, 4) is 5.75 Å². The molecule has 9 nitrogen and oxygen atoms in total. The molecule has 0 saturated carbocycles. The van der Waals surface area contributed by atoms with Gasteiger partial charge < -0.3 is 4.74 Å². The molecule has 0 bridgehead atoms. The van der Waals surface area contributed by atoms with Gasteiger partial charge in [-0.25, -0.2) is 0 Å². The summed E-state index contributed by atoms with van der Waals surface area (Å²) in [5.41, 5.74) is 3.28. The monoisotopic (exact) mass is 344 g/mol. The van der Waals surface area contributed by atoms with Crippen LogP contribution in [0.25, 0.3) is 0 Å². The predicted octanol–water partition coefficient (Wildman–Crippen LogP) is 3.74. The first-order valence-corrected chi connectivity index (χ1v) is 7.38. The van der Waals surface area contributed by atoms with Gasteiger partial charge in [-0.1, -0.05) is 0 Å². The molecule has 2 rings (SSSR count). The summed E-state index contributed by atoms with van der Waals surface area (Å²) in [6.45, 7) is 4.19. The van der Waals surface area contributed by atoms with E-state index in [1.165, 1.54) is 12.1 Å². The van der Waals surface area contributed by atoms with Crippen LogP contribution in [0.5, 0.6) is 5.75 Å². The number of non-ortho nitro benzene ring substituents is 1. The third-order valence-corrected chi connectivity index (χ3v) is 3.32. The molecule has 0 unspecified atom stereocenters. The zero-order valence-electron chi connectivity index (χ0n) is 13.6. The molecule has 0 aliphatic carbocycles. The minimum Gasteiger partial charge on any atom is -0.494 e.